The Balaban J connectivity index is 2.28. The minimum absolute atomic E-state index is 0.0132. The van der Waals surface area contributed by atoms with E-state index in [4.69, 9.17) is 33.7 Å². The predicted octanol–water partition coefficient (Wildman–Crippen LogP) is 3.30. The average molecular weight is 274 g/mol. The van der Waals surface area contributed by atoms with E-state index in [0.717, 1.165) is 0 Å². The Morgan fingerprint density at radius 3 is 2.59 bits per heavy atom. The molecule has 88 valence electrons. The largest absolute Gasteiger partial charge is 0.439 e. The van der Waals surface area contributed by atoms with Crippen LogP contribution in [0.5, 0.6) is 11.6 Å². The van der Waals surface area contributed by atoms with Crippen molar-refractivity contribution in [1.82, 2.24) is 9.97 Å². The van der Waals surface area contributed by atoms with Crippen LogP contribution in [0.3, 0.4) is 0 Å². The van der Waals surface area contributed by atoms with Gasteiger partial charge >= 0.3 is 0 Å². The van der Waals surface area contributed by atoms with Gasteiger partial charge in [-0.05, 0) is 12.1 Å². The third kappa shape index (κ3) is 2.95. The number of nitrogens with zero attached hydrogens (tertiary/aromatic N) is 2. The Kier molecular flexibility index (Phi) is 3.31. The van der Waals surface area contributed by atoms with E-state index in [-0.39, 0.29) is 22.0 Å². The van der Waals surface area contributed by atoms with Gasteiger partial charge in [-0.15, -0.1) is 0 Å². The van der Waals surface area contributed by atoms with Crippen LogP contribution >= 0.6 is 23.2 Å². The lowest BCUT2D eigenvalue weighted by Gasteiger charge is -2.05. The van der Waals surface area contributed by atoms with Crippen molar-refractivity contribution in [3.05, 3.63) is 40.3 Å². The Morgan fingerprint density at radius 1 is 1.18 bits per heavy atom. The van der Waals surface area contributed by atoms with Gasteiger partial charge < -0.3 is 10.5 Å². The maximum Gasteiger partial charge on any atom is 0.225 e. The van der Waals surface area contributed by atoms with Crippen molar-refractivity contribution in [2.75, 3.05) is 5.73 Å². The standard InChI is InChI=1S/C10H6Cl2FN3O/c11-6-3-5(1-2-7(6)13)17-9-4-8(12)15-10(14)16-9/h1-4H,(H2,14,15,16). The fourth-order valence-corrected chi connectivity index (χ4v) is 1.48. The van der Waals surface area contributed by atoms with E-state index in [0.29, 0.717) is 5.75 Å². The van der Waals surface area contributed by atoms with Crippen LogP contribution in [0.15, 0.2) is 24.3 Å². The lowest BCUT2D eigenvalue weighted by Crippen LogP contribution is -1.97. The summed E-state index contributed by atoms with van der Waals surface area (Å²) >= 11 is 11.3. The fourth-order valence-electron chi connectivity index (χ4n) is 1.13. The van der Waals surface area contributed by atoms with Crippen LogP contribution in [0.1, 0.15) is 0 Å². The molecule has 7 heteroatoms. The molecular weight excluding hydrogens is 268 g/mol. The molecule has 17 heavy (non-hydrogen) atoms. The van der Waals surface area contributed by atoms with Crippen molar-refractivity contribution in [3.63, 3.8) is 0 Å². The molecule has 0 spiro atoms. The van der Waals surface area contributed by atoms with Crippen molar-refractivity contribution in [2.45, 2.75) is 0 Å². The molecule has 2 aromatic rings. The highest BCUT2D eigenvalue weighted by atomic mass is 35.5. The second kappa shape index (κ2) is 4.73. The van der Waals surface area contributed by atoms with Crippen LogP contribution < -0.4 is 10.5 Å². The summed E-state index contributed by atoms with van der Waals surface area (Å²) in [6, 6.07) is 5.30. The minimum Gasteiger partial charge on any atom is -0.439 e. The number of benzene rings is 1. The highest BCUT2D eigenvalue weighted by Crippen LogP contribution is 2.26. The van der Waals surface area contributed by atoms with E-state index < -0.39 is 5.82 Å². The highest BCUT2D eigenvalue weighted by Gasteiger charge is 2.06. The number of aromatic nitrogens is 2. The second-order valence-corrected chi connectivity index (χ2v) is 3.86. The number of anilines is 1. The summed E-state index contributed by atoms with van der Waals surface area (Å²) in [6.45, 7) is 0. The first-order chi connectivity index (χ1) is 8.04. The number of ether oxygens (including phenoxy) is 1. The lowest BCUT2D eigenvalue weighted by molar-refractivity contribution is 0.461. The van der Waals surface area contributed by atoms with Crippen molar-refractivity contribution in [1.29, 1.82) is 0 Å². The Bertz CT molecular complexity index is 545. The van der Waals surface area contributed by atoms with E-state index in [1.807, 2.05) is 0 Å². The van der Waals surface area contributed by atoms with Gasteiger partial charge in [-0.25, -0.2) is 9.37 Å². The van der Waals surface area contributed by atoms with E-state index in [2.05, 4.69) is 9.97 Å². The summed E-state index contributed by atoms with van der Waals surface area (Å²) in [5.74, 6) is -0.0595. The van der Waals surface area contributed by atoms with Gasteiger partial charge in [0, 0.05) is 12.1 Å². The summed E-state index contributed by atoms with van der Waals surface area (Å²) in [5.41, 5.74) is 5.39. The molecule has 0 saturated carbocycles. The Hall–Kier alpha value is -1.59. The zero-order valence-electron chi connectivity index (χ0n) is 8.32. The van der Waals surface area contributed by atoms with Crippen molar-refractivity contribution in [3.8, 4) is 11.6 Å². The number of hydrogen-bond acceptors (Lipinski definition) is 4. The molecule has 0 unspecified atom stereocenters. The molecular formula is C10H6Cl2FN3O. The first kappa shape index (κ1) is 11.9. The number of halogens is 3. The number of hydrogen-bond donors (Lipinski definition) is 1. The van der Waals surface area contributed by atoms with Gasteiger partial charge in [-0.3, -0.25) is 0 Å². The fraction of sp³-hybridized carbons (Fsp3) is 0. The summed E-state index contributed by atoms with van der Waals surface area (Å²) in [5, 5.41) is 0.108. The first-order valence-electron chi connectivity index (χ1n) is 4.47. The average Bonchev–Trinajstić information content (AvgIpc) is 2.22. The molecule has 0 aliphatic heterocycles. The SMILES string of the molecule is Nc1nc(Cl)cc(Oc2ccc(F)c(Cl)c2)n1. The molecule has 1 aromatic carbocycles. The number of nitrogen functional groups attached to an aromatic ring is 1. The topological polar surface area (TPSA) is 61.0 Å². The van der Waals surface area contributed by atoms with Crippen molar-refractivity contribution >= 4 is 29.2 Å². The van der Waals surface area contributed by atoms with Crippen LogP contribution in [-0.2, 0) is 0 Å². The van der Waals surface area contributed by atoms with Crippen LogP contribution in [0, 0.1) is 5.82 Å². The molecule has 0 amide bonds. The van der Waals surface area contributed by atoms with E-state index >= 15 is 0 Å². The molecule has 0 atom stereocenters. The summed E-state index contributed by atoms with van der Waals surface area (Å²) < 4.78 is 18.2. The molecule has 0 aliphatic rings. The third-order valence-electron chi connectivity index (χ3n) is 1.80. The molecule has 0 aliphatic carbocycles. The van der Waals surface area contributed by atoms with Crippen molar-refractivity contribution < 1.29 is 9.13 Å². The van der Waals surface area contributed by atoms with Crippen molar-refractivity contribution in [2.24, 2.45) is 0 Å². The minimum atomic E-state index is -0.528. The monoisotopic (exact) mass is 273 g/mol. The van der Waals surface area contributed by atoms with E-state index in [1.54, 1.807) is 0 Å². The summed E-state index contributed by atoms with van der Waals surface area (Å²) in [6.07, 6.45) is 0. The highest BCUT2D eigenvalue weighted by molar-refractivity contribution is 6.30. The number of nitrogens with two attached hydrogens (primary N) is 1. The summed E-state index contributed by atoms with van der Waals surface area (Å²) in [7, 11) is 0. The Morgan fingerprint density at radius 2 is 1.94 bits per heavy atom. The molecule has 1 heterocycles. The molecule has 4 nitrogen and oxygen atoms in total. The van der Waals surface area contributed by atoms with Gasteiger partial charge in [0.15, 0.2) is 0 Å². The van der Waals surface area contributed by atoms with Gasteiger partial charge in [-0.2, -0.15) is 4.98 Å². The molecule has 0 fully saturated rings. The van der Waals surface area contributed by atoms with Crippen LogP contribution in [0.2, 0.25) is 10.2 Å². The number of rotatable bonds is 2. The van der Waals surface area contributed by atoms with E-state index in [1.165, 1.54) is 24.3 Å². The molecule has 1 aromatic heterocycles. The van der Waals surface area contributed by atoms with Crippen LogP contribution in [-0.4, -0.2) is 9.97 Å². The van der Waals surface area contributed by atoms with E-state index in [9.17, 15) is 4.39 Å². The lowest BCUT2D eigenvalue weighted by atomic mass is 10.3. The normalized spacial score (nSPS) is 10.3. The molecule has 0 saturated heterocycles. The maximum atomic E-state index is 12.9. The zero-order chi connectivity index (χ0) is 12.4. The summed E-state index contributed by atoms with van der Waals surface area (Å²) in [4.78, 5) is 7.48. The molecule has 2 rings (SSSR count). The Labute approximate surface area is 106 Å². The maximum absolute atomic E-state index is 12.9. The van der Waals surface area contributed by atoms with Crippen LogP contribution in [0.25, 0.3) is 0 Å². The van der Waals surface area contributed by atoms with Gasteiger partial charge in [-0.1, -0.05) is 23.2 Å². The first-order valence-corrected chi connectivity index (χ1v) is 5.23. The molecule has 0 radical (unpaired) electrons. The predicted molar refractivity (Wildman–Crippen MR) is 62.9 cm³/mol. The molecule has 0 bridgehead atoms. The van der Waals surface area contributed by atoms with Gasteiger partial charge in [0.2, 0.25) is 11.8 Å². The van der Waals surface area contributed by atoms with Gasteiger partial charge in [0.1, 0.15) is 16.7 Å². The smallest absolute Gasteiger partial charge is 0.225 e. The quantitative estimate of drug-likeness (QED) is 0.853. The van der Waals surface area contributed by atoms with Crippen LogP contribution in [0.4, 0.5) is 10.3 Å². The van der Waals surface area contributed by atoms with Gasteiger partial charge in [0.05, 0.1) is 5.02 Å². The zero-order valence-corrected chi connectivity index (χ0v) is 9.84. The molecule has 2 N–H and O–H groups in total. The third-order valence-corrected chi connectivity index (χ3v) is 2.29. The van der Waals surface area contributed by atoms with Gasteiger partial charge in [0.25, 0.3) is 0 Å². The second-order valence-electron chi connectivity index (χ2n) is 3.07.